The summed E-state index contributed by atoms with van der Waals surface area (Å²) in [5, 5.41) is 18.4. The number of anilines is 1. The van der Waals surface area contributed by atoms with E-state index >= 15 is 0 Å². The highest BCUT2D eigenvalue weighted by Gasteiger charge is 2.15. The van der Waals surface area contributed by atoms with Crippen molar-refractivity contribution in [3.8, 4) is 11.6 Å². The number of nitrogens with one attached hydrogen (secondary N) is 2. The Morgan fingerprint density at radius 3 is 2.89 bits per heavy atom. The third-order valence-corrected chi connectivity index (χ3v) is 5.34. The number of fused-ring (bicyclic) bond motifs is 1. The highest BCUT2D eigenvalue weighted by atomic mass is 35.5. The first-order chi connectivity index (χ1) is 13.5. The molecule has 4 rings (SSSR count). The predicted molar refractivity (Wildman–Crippen MR) is 108 cm³/mol. The number of pyridine rings is 1. The maximum Gasteiger partial charge on any atom is 0.253 e. The van der Waals surface area contributed by atoms with Crippen LogP contribution in [0.1, 0.15) is 24.4 Å². The Kier molecular flexibility index (Phi) is 4.73. The fourth-order valence-corrected chi connectivity index (χ4v) is 3.85. The van der Waals surface area contributed by atoms with E-state index < -0.39 is 0 Å². The molecule has 0 aliphatic carbocycles. The number of thiazole rings is 1. The third-order valence-electron chi connectivity index (χ3n) is 4.29. The van der Waals surface area contributed by atoms with Gasteiger partial charge in [0.15, 0.2) is 16.8 Å². The minimum absolute atomic E-state index is 0.190. The van der Waals surface area contributed by atoms with E-state index in [9.17, 15) is 4.79 Å². The van der Waals surface area contributed by atoms with Crippen molar-refractivity contribution in [2.45, 2.75) is 19.9 Å². The molecule has 1 aromatic carbocycles. The molecular weight excluding hydrogens is 402 g/mol. The van der Waals surface area contributed by atoms with Gasteiger partial charge in [-0.25, -0.2) is 4.98 Å². The lowest BCUT2D eigenvalue weighted by Gasteiger charge is -2.14. The topological polar surface area (TPSA) is 111 Å². The highest BCUT2D eigenvalue weighted by molar-refractivity contribution is 7.13. The molecule has 0 radical (unpaired) electrons. The smallest absolute Gasteiger partial charge is 0.253 e. The quantitative estimate of drug-likeness (QED) is 0.513. The van der Waals surface area contributed by atoms with Crippen molar-refractivity contribution >= 4 is 39.0 Å². The van der Waals surface area contributed by atoms with Gasteiger partial charge in [0.1, 0.15) is 5.75 Å². The van der Waals surface area contributed by atoms with Gasteiger partial charge in [0, 0.05) is 22.4 Å². The molecule has 2 N–H and O–H groups in total. The summed E-state index contributed by atoms with van der Waals surface area (Å²) >= 11 is 7.62. The first kappa shape index (κ1) is 18.4. The first-order valence-corrected chi connectivity index (χ1v) is 9.60. The fourth-order valence-electron chi connectivity index (χ4n) is 2.84. The number of H-pyrrole nitrogens is 1. The van der Waals surface area contributed by atoms with E-state index in [-0.39, 0.29) is 11.6 Å². The molecule has 4 aromatic rings. The lowest BCUT2D eigenvalue weighted by molar-refractivity contribution is 0.415. The Morgan fingerprint density at radius 1 is 1.36 bits per heavy atom. The molecule has 0 saturated carbocycles. The van der Waals surface area contributed by atoms with Gasteiger partial charge >= 0.3 is 0 Å². The Bertz CT molecular complexity index is 1220. The minimum Gasteiger partial charge on any atom is -0.495 e. The summed E-state index contributed by atoms with van der Waals surface area (Å²) in [6.45, 7) is 3.69. The van der Waals surface area contributed by atoms with E-state index in [0.717, 1.165) is 5.39 Å². The minimum atomic E-state index is -0.275. The van der Waals surface area contributed by atoms with Gasteiger partial charge in [-0.2, -0.15) is 4.68 Å². The molecule has 0 aliphatic rings. The number of halogens is 1. The van der Waals surface area contributed by atoms with Crippen LogP contribution in [0.25, 0.3) is 16.7 Å². The van der Waals surface area contributed by atoms with E-state index in [1.807, 2.05) is 18.4 Å². The SMILES string of the molecule is COc1cc2[nH]c(=O)c([C@H](C)Nc3nc(-n4nnnc4C)cs3)cc2cc1Cl. The van der Waals surface area contributed by atoms with Crippen molar-refractivity contribution in [2.24, 2.45) is 0 Å². The number of aryl methyl sites for hydroxylation is 1. The normalized spacial score (nSPS) is 12.3. The number of nitrogens with zero attached hydrogens (tertiary/aromatic N) is 5. The van der Waals surface area contributed by atoms with Gasteiger partial charge in [0.25, 0.3) is 5.56 Å². The molecule has 144 valence electrons. The van der Waals surface area contributed by atoms with Crippen molar-refractivity contribution in [2.75, 3.05) is 12.4 Å². The summed E-state index contributed by atoms with van der Waals surface area (Å²) in [5.74, 6) is 1.77. The molecule has 0 bridgehead atoms. The molecule has 11 heteroatoms. The average Bonchev–Trinajstić information content (AvgIpc) is 3.29. The van der Waals surface area contributed by atoms with Crippen molar-refractivity contribution < 1.29 is 4.74 Å². The van der Waals surface area contributed by atoms with Crippen molar-refractivity contribution in [1.29, 1.82) is 0 Å². The number of benzene rings is 1. The van der Waals surface area contributed by atoms with E-state index in [1.165, 1.54) is 18.4 Å². The van der Waals surface area contributed by atoms with Crippen LogP contribution < -0.4 is 15.6 Å². The predicted octanol–water partition coefficient (Wildman–Crippen LogP) is 3.10. The van der Waals surface area contributed by atoms with Crippen molar-refractivity contribution in [1.82, 2.24) is 30.2 Å². The monoisotopic (exact) mass is 417 g/mol. The molecular formula is C17H16ClN7O2S. The van der Waals surface area contributed by atoms with Crippen LogP contribution in [0.15, 0.2) is 28.4 Å². The zero-order valence-electron chi connectivity index (χ0n) is 15.2. The third kappa shape index (κ3) is 3.32. The van der Waals surface area contributed by atoms with Gasteiger partial charge < -0.3 is 15.0 Å². The highest BCUT2D eigenvalue weighted by Crippen LogP contribution is 2.30. The lowest BCUT2D eigenvalue weighted by Crippen LogP contribution is -2.19. The number of aromatic nitrogens is 6. The number of rotatable bonds is 5. The second kappa shape index (κ2) is 7.21. The van der Waals surface area contributed by atoms with E-state index in [0.29, 0.717) is 38.6 Å². The summed E-state index contributed by atoms with van der Waals surface area (Å²) < 4.78 is 6.75. The standard InChI is InChI=1S/C17H16ClN7O2S/c1-8(19-17-21-15(7-28-17)25-9(2)22-23-24-25)11-4-10-5-12(18)14(27-3)6-13(10)20-16(11)26/h4-8H,1-3H3,(H,19,21)(H,20,26)/t8-/m0/s1. The largest absolute Gasteiger partial charge is 0.495 e. The molecule has 0 fully saturated rings. The number of ether oxygens (including phenoxy) is 1. The average molecular weight is 418 g/mol. The lowest BCUT2D eigenvalue weighted by atomic mass is 10.1. The van der Waals surface area contributed by atoms with Gasteiger partial charge in [-0.1, -0.05) is 11.6 Å². The van der Waals surface area contributed by atoms with Crippen molar-refractivity contribution in [3.05, 3.63) is 50.3 Å². The molecule has 1 atom stereocenters. The van der Waals surface area contributed by atoms with Crippen molar-refractivity contribution in [3.63, 3.8) is 0 Å². The summed E-state index contributed by atoms with van der Waals surface area (Å²) in [6.07, 6.45) is 0. The van der Waals surface area contributed by atoms with E-state index in [1.54, 1.807) is 23.7 Å². The van der Waals surface area contributed by atoms with E-state index in [2.05, 4.69) is 30.8 Å². The Morgan fingerprint density at radius 2 is 2.18 bits per heavy atom. The zero-order valence-corrected chi connectivity index (χ0v) is 16.8. The first-order valence-electron chi connectivity index (χ1n) is 8.34. The summed E-state index contributed by atoms with van der Waals surface area (Å²) in [4.78, 5) is 19.9. The molecule has 28 heavy (non-hydrogen) atoms. The number of hydrogen-bond donors (Lipinski definition) is 2. The second-order valence-corrected chi connectivity index (χ2v) is 7.41. The molecule has 3 aromatic heterocycles. The van der Waals surface area contributed by atoms with Crippen LogP contribution in [-0.2, 0) is 0 Å². The number of hydrogen-bond acceptors (Lipinski definition) is 8. The summed E-state index contributed by atoms with van der Waals surface area (Å²) in [6, 6.07) is 5.02. The Hall–Kier alpha value is -2.98. The molecule has 9 nitrogen and oxygen atoms in total. The molecule has 3 heterocycles. The van der Waals surface area contributed by atoms with Gasteiger partial charge in [-0.3, -0.25) is 4.79 Å². The molecule has 0 amide bonds. The van der Waals surface area contributed by atoms with Gasteiger partial charge in [-0.15, -0.1) is 16.4 Å². The van der Waals surface area contributed by atoms with Crippen LogP contribution >= 0.6 is 22.9 Å². The van der Waals surface area contributed by atoms with Gasteiger partial charge in [0.2, 0.25) is 0 Å². The van der Waals surface area contributed by atoms with Crippen LogP contribution in [0.5, 0.6) is 5.75 Å². The fraction of sp³-hybridized carbons (Fsp3) is 0.235. The molecule has 0 spiro atoms. The van der Waals surface area contributed by atoms with Gasteiger partial charge in [-0.05, 0) is 36.4 Å². The Balaban J connectivity index is 1.63. The van der Waals surface area contributed by atoms with Gasteiger partial charge in [0.05, 0.1) is 23.7 Å². The maximum atomic E-state index is 12.6. The molecule has 0 unspecified atom stereocenters. The molecule has 0 aliphatic heterocycles. The van der Waals surface area contributed by atoms with Crippen LogP contribution in [0.3, 0.4) is 0 Å². The molecule has 0 saturated heterocycles. The van der Waals surface area contributed by atoms with Crippen LogP contribution in [0, 0.1) is 6.92 Å². The second-order valence-electron chi connectivity index (χ2n) is 6.14. The van der Waals surface area contributed by atoms with Crippen LogP contribution in [-0.4, -0.2) is 37.3 Å². The van der Waals surface area contributed by atoms with E-state index in [4.69, 9.17) is 16.3 Å². The van der Waals surface area contributed by atoms with Crippen LogP contribution in [0.2, 0.25) is 5.02 Å². The number of methoxy groups -OCH3 is 1. The Labute approximate surface area is 168 Å². The summed E-state index contributed by atoms with van der Waals surface area (Å²) in [7, 11) is 1.53. The van der Waals surface area contributed by atoms with Crippen LogP contribution in [0.4, 0.5) is 5.13 Å². The number of aromatic amines is 1. The maximum absolute atomic E-state index is 12.6. The number of tetrazole rings is 1. The zero-order chi connectivity index (χ0) is 19.8. The summed E-state index contributed by atoms with van der Waals surface area (Å²) in [5.41, 5.74) is 1.04.